The maximum atomic E-state index is 12.2. The maximum absolute atomic E-state index is 12.2. The first kappa shape index (κ1) is 26.0. The number of hydrazone groups is 1. The largest absolute Gasteiger partial charge is 0.490 e. The van der Waals surface area contributed by atoms with Gasteiger partial charge in [0.05, 0.1) is 42.3 Å². The third-order valence-electron chi connectivity index (χ3n) is 4.33. The number of hydrogen-bond donors (Lipinski definition) is 2. The first-order valence-corrected chi connectivity index (χ1v) is 12.1. The Morgan fingerprint density at radius 1 is 1.11 bits per heavy atom. The molecule has 9 nitrogen and oxygen atoms in total. The number of esters is 1. The number of nitrogens with zero attached hydrogens (tertiary/aromatic N) is 2. The highest BCUT2D eigenvalue weighted by Crippen LogP contribution is 2.28. The quantitative estimate of drug-likeness (QED) is 0.203. The lowest BCUT2D eigenvalue weighted by atomic mass is 10.2. The van der Waals surface area contributed by atoms with Gasteiger partial charge in [-0.2, -0.15) is 5.10 Å². The number of carbonyl (C=O) groups is 2. The van der Waals surface area contributed by atoms with Gasteiger partial charge in [-0.05, 0) is 49.7 Å². The van der Waals surface area contributed by atoms with Crippen molar-refractivity contribution in [2.24, 2.45) is 5.10 Å². The maximum Gasteiger partial charge on any atom is 0.311 e. The van der Waals surface area contributed by atoms with Gasteiger partial charge in [-0.15, -0.1) is 11.3 Å². The summed E-state index contributed by atoms with van der Waals surface area (Å²) < 4.78 is 16.2. The summed E-state index contributed by atoms with van der Waals surface area (Å²) in [5.41, 5.74) is 4.72. The number of anilines is 2. The Morgan fingerprint density at radius 3 is 2.71 bits per heavy atom. The van der Waals surface area contributed by atoms with Crippen molar-refractivity contribution in [3.05, 3.63) is 64.1 Å². The summed E-state index contributed by atoms with van der Waals surface area (Å²) in [6.45, 7) is 4.16. The molecule has 184 valence electrons. The lowest BCUT2D eigenvalue weighted by Crippen LogP contribution is -2.20. The molecule has 0 aliphatic rings. The van der Waals surface area contributed by atoms with Crippen LogP contribution in [0.1, 0.15) is 25.1 Å². The van der Waals surface area contributed by atoms with Gasteiger partial charge in [0.15, 0.2) is 18.1 Å². The number of thiazole rings is 1. The van der Waals surface area contributed by atoms with Crippen LogP contribution < -0.4 is 20.2 Å². The standard InChI is InChI=1S/C24H25ClN4O5S/c1-3-32-21-11-16(13-26-29-24-27-17(15-35-24)12-23(31)33-4-2)9-10-20(21)34-14-22(30)28-19-8-6-5-7-18(19)25/h5-11,13,15H,3-4,12,14H2,1-2H3,(H,27,29)(H,28,30). The van der Waals surface area contributed by atoms with E-state index in [4.69, 9.17) is 25.8 Å². The van der Waals surface area contributed by atoms with Gasteiger partial charge in [-0.3, -0.25) is 15.0 Å². The predicted octanol–water partition coefficient (Wildman–Crippen LogP) is 4.76. The molecule has 2 N–H and O–H groups in total. The lowest BCUT2D eigenvalue weighted by Gasteiger charge is -2.13. The van der Waals surface area contributed by atoms with Crippen molar-refractivity contribution in [2.45, 2.75) is 20.3 Å². The van der Waals surface area contributed by atoms with Crippen molar-refractivity contribution in [1.82, 2.24) is 4.98 Å². The summed E-state index contributed by atoms with van der Waals surface area (Å²) in [5, 5.41) is 9.66. The molecule has 2 aromatic carbocycles. The number of para-hydroxylation sites is 1. The second-order valence-corrected chi connectivity index (χ2v) is 8.22. The van der Waals surface area contributed by atoms with E-state index in [1.54, 1.807) is 61.0 Å². The molecule has 0 atom stereocenters. The molecule has 3 rings (SSSR count). The summed E-state index contributed by atoms with van der Waals surface area (Å²) in [6, 6.07) is 12.2. The number of aromatic nitrogens is 1. The second-order valence-electron chi connectivity index (χ2n) is 6.95. The number of benzene rings is 2. The van der Waals surface area contributed by atoms with Crippen molar-refractivity contribution in [3.8, 4) is 11.5 Å². The Bertz CT molecular complexity index is 1180. The fraction of sp³-hybridized carbons (Fsp3) is 0.250. The van der Waals surface area contributed by atoms with Gasteiger partial charge in [0.1, 0.15) is 0 Å². The highest BCUT2D eigenvalue weighted by molar-refractivity contribution is 7.13. The van der Waals surface area contributed by atoms with E-state index in [1.807, 2.05) is 6.92 Å². The van der Waals surface area contributed by atoms with E-state index in [-0.39, 0.29) is 24.9 Å². The molecule has 1 heterocycles. The molecule has 0 fully saturated rings. The van der Waals surface area contributed by atoms with Crippen LogP contribution in [0.4, 0.5) is 10.8 Å². The normalized spacial score (nSPS) is 10.7. The van der Waals surface area contributed by atoms with E-state index in [0.717, 1.165) is 5.56 Å². The van der Waals surface area contributed by atoms with Crippen LogP contribution in [0.15, 0.2) is 52.9 Å². The van der Waals surface area contributed by atoms with Crippen LogP contribution in [0, 0.1) is 0 Å². The average molecular weight is 517 g/mol. The van der Waals surface area contributed by atoms with Gasteiger partial charge in [0.25, 0.3) is 5.91 Å². The molecular formula is C24H25ClN4O5S. The van der Waals surface area contributed by atoms with Crippen LogP contribution in [0.5, 0.6) is 11.5 Å². The SMILES string of the molecule is CCOC(=O)Cc1csc(NN=Cc2ccc(OCC(=O)Nc3ccccc3Cl)c(OCC)c2)n1. The number of carbonyl (C=O) groups excluding carboxylic acids is 2. The summed E-state index contributed by atoms with van der Waals surface area (Å²) in [5.74, 6) is 0.240. The van der Waals surface area contributed by atoms with Crippen LogP contribution >= 0.6 is 22.9 Å². The molecule has 0 bridgehead atoms. The van der Waals surface area contributed by atoms with Gasteiger partial charge in [0.2, 0.25) is 5.13 Å². The van der Waals surface area contributed by atoms with E-state index in [1.165, 1.54) is 11.3 Å². The first-order valence-electron chi connectivity index (χ1n) is 10.8. The number of ether oxygens (including phenoxy) is 3. The molecule has 0 aliphatic carbocycles. The summed E-state index contributed by atoms with van der Waals surface area (Å²) in [7, 11) is 0. The molecule has 35 heavy (non-hydrogen) atoms. The summed E-state index contributed by atoms with van der Waals surface area (Å²) >= 11 is 7.40. The minimum atomic E-state index is -0.346. The Kier molecular flexibility index (Phi) is 9.88. The molecular weight excluding hydrogens is 492 g/mol. The number of rotatable bonds is 12. The van der Waals surface area contributed by atoms with Crippen LogP contribution in [0.2, 0.25) is 5.02 Å². The van der Waals surface area contributed by atoms with Crippen LogP contribution in [0.25, 0.3) is 0 Å². The second kappa shape index (κ2) is 13.3. The molecule has 0 spiro atoms. The fourth-order valence-electron chi connectivity index (χ4n) is 2.85. The minimum Gasteiger partial charge on any atom is -0.490 e. The molecule has 0 saturated carbocycles. The van der Waals surface area contributed by atoms with Crippen molar-refractivity contribution < 1.29 is 23.8 Å². The van der Waals surface area contributed by atoms with Crippen molar-refractivity contribution in [3.63, 3.8) is 0 Å². The fourth-order valence-corrected chi connectivity index (χ4v) is 3.69. The molecule has 0 saturated heterocycles. The zero-order chi connectivity index (χ0) is 25.0. The van der Waals surface area contributed by atoms with Crippen molar-refractivity contribution in [2.75, 3.05) is 30.6 Å². The third-order valence-corrected chi connectivity index (χ3v) is 5.46. The zero-order valence-electron chi connectivity index (χ0n) is 19.2. The molecule has 1 amide bonds. The van der Waals surface area contributed by atoms with E-state index in [2.05, 4.69) is 20.8 Å². The molecule has 1 aromatic heterocycles. The number of halogens is 1. The monoisotopic (exact) mass is 516 g/mol. The van der Waals surface area contributed by atoms with Gasteiger partial charge in [0, 0.05) is 5.38 Å². The summed E-state index contributed by atoms with van der Waals surface area (Å²) in [4.78, 5) is 28.1. The average Bonchev–Trinajstić information content (AvgIpc) is 3.27. The van der Waals surface area contributed by atoms with E-state index in [9.17, 15) is 9.59 Å². The minimum absolute atomic E-state index is 0.116. The Labute approximate surface area is 212 Å². The highest BCUT2D eigenvalue weighted by Gasteiger charge is 2.11. The number of amides is 1. The molecule has 0 aliphatic heterocycles. The van der Waals surface area contributed by atoms with E-state index in [0.29, 0.717) is 46.2 Å². The summed E-state index contributed by atoms with van der Waals surface area (Å²) in [6.07, 6.45) is 1.72. The molecule has 11 heteroatoms. The van der Waals surface area contributed by atoms with Crippen LogP contribution in [-0.4, -0.2) is 42.9 Å². The Hall–Kier alpha value is -3.63. The first-order chi connectivity index (χ1) is 17.0. The van der Waals surface area contributed by atoms with Crippen molar-refractivity contribution in [1.29, 1.82) is 0 Å². The topological polar surface area (TPSA) is 111 Å². The van der Waals surface area contributed by atoms with Crippen LogP contribution in [-0.2, 0) is 20.7 Å². The highest BCUT2D eigenvalue weighted by atomic mass is 35.5. The lowest BCUT2D eigenvalue weighted by molar-refractivity contribution is -0.142. The Balaban J connectivity index is 1.57. The molecule has 3 aromatic rings. The van der Waals surface area contributed by atoms with Gasteiger partial charge >= 0.3 is 5.97 Å². The predicted molar refractivity (Wildman–Crippen MR) is 137 cm³/mol. The van der Waals surface area contributed by atoms with Gasteiger partial charge < -0.3 is 19.5 Å². The van der Waals surface area contributed by atoms with Gasteiger partial charge in [-0.25, -0.2) is 4.98 Å². The number of nitrogens with one attached hydrogen (secondary N) is 2. The van der Waals surface area contributed by atoms with E-state index < -0.39 is 0 Å². The van der Waals surface area contributed by atoms with Gasteiger partial charge in [-0.1, -0.05) is 23.7 Å². The third kappa shape index (κ3) is 8.27. The molecule has 0 unspecified atom stereocenters. The Morgan fingerprint density at radius 2 is 1.94 bits per heavy atom. The zero-order valence-corrected chi connectivity index (χ0v) is 20.8. The van der Waals surface area contributed by atoms with Crippen molar-refractivity contribution >= 4 is 51.8 Å². The van der Waals surface area contributed by atoms with E-state index >= 15 is 0 Å². The molecule has 0 radical (unpaired) electrons. The van der Waals surface area contributed by atoms with Crippen LogP contribution in [0.3, 0.4) is 0 Å². The smallest absolute Gasteiger partial charge is 0.311 e. The number of hydrogen-bond acceptors (Lipinski definition) is 9.